The molecule has 0 aliphatic carbocycles. The molecule has 8 heteroatoms. The van der Waals surface area contributed by atoms with Crippen molar-refractivity contribution in [3.05, 3.63) is 16.8 Å². The fourth-order valence-electron chi connectivity index (χ4n) is 5.08. The first-order chi connectivity index (χ1) is 14.6. The molecule has 0 radical (unpaired) electrons. The smallest absolute Gasteiger partial charge is 0.225 e. The minimum Gasteiger partial charge on any atom is -0.356 e. The van der Waals surface area contributed by atoms with E-state index in [0.717, 1.165) is 62.5 Å². The van der Waals surface area contributed by atoms with E-state index in [1.54, 1.807) is 17.7 Å². The van der Waals surface area contributed by atoms with Crippen LogP contribution in [0.4, 0.5) is 5.82 Å². The Hall–Kier alpha value is -1.77. The summed E-state index contributed by atoms with van der Waals surface area (Å²) in [6.07, 6.45) is 5.42. The summed E-state index contributed by atoms with van der Waals surface area (Å²) >= 11 is 1.73. The van der Waals surface area contributed by atoms with Crippen molar-refractivity contribution in [3.63, 3.8) is 0 Å². The molecule has 7 nitrogen and oxygen atoms in total. The fraction of sp³-hybridized carbons (Fsp3) is 0.682. The molecule has 0 aromatic carbocycles. The van der Waals surface area contributed by atoms with Crippen LogP contribution in [-0.4, -0.2) is 66.5 Å². The van der Waals surface area contributed by atoms with Crippen LogP contribution in [0.1, 0.15) is 36.1 Å². The number of anilines is 1. The van der Waals surface area contributed by atoms with Gasteiger partial charge in [0.15, 0.2) is 6.29 Å². The van der Waals surface area contributed by atoms with Crippen LogP contribution >= 0.6 is 11.3 Å². The summed E-state index contributed by atoms with van der Waals surface area (Å²) in [5, 5.41) is 1.18. The maximum Gasteiger partial charge on any atom is 0.225 e. The van der Waals surface area contributed by atoms with Gasteiger partial charge in [-0.15, -0.1) is 11.3 Å². The van der Waals surface area contributed by atoms with Crippen LogP contribution in [0.3, 0.4) is 0 Å². The molecule has 3 aliphatic rings. The molecule has 0 spiro atoms. The summed E-state index contributed by atoms with van der Waals surface area (Å²) in [5.41, 5.74) is 1.28. The molecule has 3 aliphatic heterocycles. The Labute approximate surface area is 181 Å². The van der Waals surface area contributed by atoms with Crippen molar-refractivity contribution < 1.29 is 14.3 Å². The van der Waals surface area contributed by atoms with Gasteiger partial charge in [0.1, 0.15) is 17.0 Å². The van der Waals surface area contributed by atoms with E-state index in [1.165, 1.54) is 15.8 Å². The number of ether oxygens (including phenoxy) is 2. The first-order valence-corrected chi connectivity index (χ1v) is 11.9. The molecule has 2 aromatic heterocycles. The average molecular weight is 431 g/mol. The number of carbonyl (C=O) groups is 1. The van der Waals surface area contributed by atoms with Crippen LogP contribution in [-0.2, 0) is 14.3 Å². The van der Waals surface area contributed by atoms with Gasteiger partial charge < -0.3 is 19.3 Å². The molecule has 3 saturated heterocycles. The predicted octanol–water partition coefficient (Wildman–Crippen LogP) is 3.14. The SMILES string of the molecule is Cc1sc2ncnc(N3CCC(C(=O)N4CCCC(C5OCCO5)C4)CC3)c2c1C. The van der Waals surface area contributed by atoms with Crippen LogP contribution in [0, 0.1) is 25.7 Å². The third-order valence-corrected chi connectivity index (χ3v) is 8.01. The number of thiophene rings is 1. The summed E-state index contributed by atoms with van der Waals surface area (Å²) in [6.45, 7) is 9.00. The Morgan fingerprint density at radius 3 is 2.63 bits per heavy atom. The zero-order valence-electron chi connectivity index (χ0n) is 17.8. The van der Waals surface area contributed by atoms with E-state index in [0.29, 0.717) is 25.0 Å². The van der Waals surface area contributed by atoms with E-state index >= 15 is 0 Å². The molecule has 5 heterocycles. The lowest BCUT2D eigenvalue weighted by Crippen LogP contribution is -2.48. The normalized spacial score (nSPS) is 24.1. The molecule has 3 fully saturated rings. The van der Waals surface area contributed by atoms with Crippen LogP contribution in [0.25, 0.3) is 10.2 Å². The van der Waals surface area contributed by atoms with Crippen LogP contribution < -0.4 is 4.90 Å². The van der Waals surface area contributed by atoms with E-state index in [9.17, 15) is 4.79 Å². The van der Waals surface area contributed by atoms with E-state index in [1.807, 2.05) is 0 Å². The Kier molecular flexibility index (Phi) is 5.64. The fourth-order valence-corrected chi connectivity index (χ4v) is 6.07. The van der Waals surface area contributed by atoms with Crippen molar-refractivity contribution in [2.45, 2.75) is 45.8 Å². The molecule has 0 bridgehead atoms. The Bertz CT molecular complexity index is 918. The number of hydrogen-bond donors (Lipinski definition) is 0. The number of aryl methyl sites for hydroxylation is 2. The second-order valence-electron chi connectivity index (χ2n) is 8.72. The zero-order chi connectivity index (χ0) is 20.7. The number of fused-ring (bicyclic) bond motifs is 1. The molecule has 1 amide bonds. The van der Waals surface area contributed by atoms with E-state index in [-0.39, 0.29) is 12.2 Å². The number of hydrogen-bond acceptors (Lipinski definition) is 7. The first-order valence-electron chi connectivity index (χ1n) is 11.1. The number of piperidine rings is 2. The first kappa shape index (κ1) is 20.2. The van der Waals surface area contributed by atoms with Crippen molar-refractivity contribution in [2.24, 2.45) is 11.8 Å². The summed E-state index contributed by atoms with van der Waals surface area (Å²) in [4.78, 5) is 29.1. The second kappa shape index (κ2) is 8.40. The molecule has 0 saturated carbocycles. The van der Waals surface area contributed by atoms with Gasteiger partial charge in [0.05, 0.1) is 18.6 Å². The van der Waals surface area contributed by atoms with Gasteiger partial charge >= 0.3 is 0 Å². The van der Waals surface area contributed by atoms with Crippen molar-refractivity contribution >= 4 is 33.3 Å². The van der Waals surface area contributed by atoms with E-state index < -0.39 is 0 Å². The Morgan fingerprint density at radius 1 is 1.10 bits per heavy atom. The highest BCUT2D eigenvalue weighted by molar-refractivity contribution is 7.18. The minimum atomic E-state index is -0.125. The van der Waals surface area contributed by atoms with Gasteiger partial charge in [-0.1, -0.05) is 0 Å². The van der Waals surface area contributed by atoms with Crippen molar-refractivity contribution in [1.82, 2.24) is 14.9 Å². The quantitative estimate of drug-likeness (QED) is 0.745. The van der Waals surface area contributed by atoms with Crippen molar-refractivity contribution in [1.29, 1.82) is 0 Å². The summed E-state index contributed by atoms with van der Waals surface area (Å²) < 4.78 is 11.4. The lowest BCUT2D eigenvalue weighted by atomic mass is 9.92. The van der Waals surface area contributed by atoms with Gasteiger partial charge in [-0.3, -0.25) is 4.79 Å². The number of nitrogens with zero attached hydrogens (tertiary/aromatic N) is 4. The maximum atomic E-state index is 13.2. The number of aromatic nitrogens is 2. The highest BCUT2D eigenvalue weighted by Crippen LogP contribution is 2.36. The molecular formula is C22H30N4O3S. The number of likely N-dealkylation sites (tertiary alicyclic amines) is 1. The summed E-state index contributed by atoms with van der Waals surface area (Å²) in [6, 6.07) is 0. The third kappa shape index (κ3) is 3.69. The van der Waals surface area contributed by atoms with E-state index in [2.05, 4.69) is 33.6 Å². The lowest BCUT2D eigenvalue weighted by Gasteiger charge is -2.39. The second-order valence-corrected chi connectivity index (χ2v) is 9.92. The summed E-state index contributed by atoms with van der Waals surface area (Å²) in [5.74, 6) is 1.76. The molecule has 5 rings (SSSR count). The molecule has 162 valence electrons. The largest absolute Gasteiger partial charge is 0.356 e. The molecular weight excluding hydrogens is 400 g/mol. The molecule has 1 unspecified atom stereocenters. The predicted molar refractivity (Wildman–Crippen MR) is 117 cm³/mol. The van der Waals surface area contributed by atoms with Crippen LogP contribution in [0.2, 0.25) is 0 Å². The highest BCUT2D eigenvalue weighted by Gasteiger charge is 2.36. The minimum absolute atomic E-state index is 0.105. The van der Waals surface area contributed by atoms with Gasteiger partial charge in [-0.25, -0.2) is 9.97 Å². The topological polar surface area (TPSA) is 67.8 Å². The Morgan fingerprint density at radius 2 is 1.87 bits per heavy atom. The van der Waals surface area contributed by atoms with E-state index in [4.69, 9.17) is 9.47 Å². The summed E-state index contributed by atoms with van der Waals surface area (Å²) in [7, 11) is 0. The average Bonchev–Trinajstić information content (AvgIpc) is 3.42. The molecule has 0 N–H and O–H groups in total. The maximum absolute atomic E-state index is 13.2. The standard InChI is InChI=1S/C22H30N4O3S/c1-14-15(2)30-20-18(14)19(23-13-24-20)25-8-5-16(6-9-25)21(27)26-7-3-4-17(12-26)22-28-10-11-29-22/h13,16-17,22H,3-12H2,1-2H3. The number of rotatable bonds is 3. The number of amides is 1. The van der Waals surface area contributed by atoms with Crippen LogP contribution in [0.5, 0.6) is 0 Å². The molecule has 2 aromatic rings. The highest BCUT2D eigenvalue weighted by atomic mass is 32.1. The van der Waals surface area contributed by atoms with Crippen LogP contribution in [0.15, 0.2) is 6.33 Å². The monoisotopic (exact) mass is 430 g/mol. The lowest BCUT2D eigenvalue weighted by molar-refractivity contribution is -0.143. The van der Waals surface area contributed by atoms with Gasteiger partial charge in [0.2, 0.25) is 5.91 Å². The van der Waals surface area contributed by atoms with Gasteiger partial charge in [-0.2, -0.15) is 0 Å². The van der Waals surface area contributed by atoms with Gasteiger partial charge in [-0.05, 0) is 45.1 Å². The van der Waals surface area contributed by atoms with Gasteiger partial charge in [0, 0.05) is 42.9 Å². The van der Waals surface area contributed by atoms with Crippen molar-refractivity contribution in [3.8, 4) is 0 Å². The van der Waals surface area contributed by atoms with Crippen molar-refractivity contribution in [2.75, 3.05) is 44.3 Å². The Balaban J connectivity index is 1.23. The van der Waals surface area contributed by atoms with Gasteiger partial charge in [0.25, 0.3) is 0 Å². The zero-order valence-corrected chi connectivity index (χ0v) is 18.6. The molecule has 1 atom stereocenters. The number of carbonyl (C=O) groups excluding carboxylic acids is 1. The molecule has 30 heavy (non-hydrogen) atoms. The third-order valence-electron chi connectivity index (χ3n) is 6.89.